The van der Waals surface area contributed by atoms with Gasteiger partial charge in [0.15, 0.2) is 4.77 Å². The number of nitrogens with zero attached hydrogens (tertiary/aromatic N) is 5. The molecule has 1 aromatic carbocycles. The molecule has 2 heterocycles. The lowest BCUT2D eigenvalue weighted by atomic mass is 10.3. The van der Waals surface area contributed by atoms with Crippen LogP contribution < -0.4 is 4.74 Å². The van der Waals surface area contributed by atoms with Gasteiger partial charge in [-0.15, -0.1) is 19.8 Å². The van der Waals surface area contributed by atoms with E-state index in [2.05, 4.69) is 16.4 Å². The molecule has 3 rings (SSSR count). The number of alkyl halides is 3. The molecular weight excluding hydrogens is 443 g/mol. The number of benzene rings is 1. The molecule has 0 unspecified atom stereocenters. The Morgan fingerprint density at radius 3 is 2.37 bits per heavy atom. The molecule has 1 aliphatic heterocycles. The molecule has 0 saturated carbocycles. The molecule has 0 N–H and O–H groups in total. The molecule has 8 nitrogen and oxygen atoms in total. The average Bonchev–Trinajstić information content (AvgIpc) is 3.01. The summed E-state index contributed by atoms with van der Waals surface area (Å²) in [5.74, 6) is -0.473. The summed E-state index contributed by atoms with van der Waals surface area (Å²) < 4.78 is 71.4. The van der Waals surface area contributed by atoms with E-state index in [9.17, 15) is 21.6 Å². The number of rotatable bonds is 7. The van der Waals surface area contributed by atoms with E-state index in [0.717, 1.165) is 24.3 Å². The smallest absolute Gasteiger partial charge is 0.406 e. The van der Waals surface area contributed by atoms with Crippen LogP contribution in [0.25, 0.3) is 0 Å². The summed E-state index contributed by atoms with van der Waals surface area (Å²) in [6, 6.07) is 4.18. The fraction of sp³-hybridized carbons (Fsp3) is 0.412. The largest absolute Gasteiger partial charge is 0.573 e. The van der Waals surface area contributed by atoms with Crippen molar-refractivity contribution in [3.8, 4) is 5.75 Å². The summed E-state index contributed by atoms with van der Waals surface area (Å²) in [6.45, 7) is 6.05. The molecule has 0 atom stereocenters. The van der Waals surface area contributed by atoms with E-state index >= 15 is 0 Å². The van der Waals surface area contributed by atoms with Gasteiger partial charge in [0.05, 0.1) is 11.6 Å². The zero-order valence-corrected chi connectivity index (χ0v) is 17.5. The standard InChI is InChI=1S/C17H20F3N5O3S2/c1-2-7-23-12-21-25(16(23)29)13-22-8-10-24(11-9-22)30(26,27)15-5-3-14(4-6-15)28-17(18,19)20/h2-6,12H,1,7-11,13H2. The lowest BCUT2D eigenvalue weighted by Gasteiger charge is -2.33. The highest BCUT2D eigenvalue weighted by molar-refractivity contribution is 7.89. The van der Waals surface area contributed by atoms with Gasteiger partial charge in [0.25, 0.3) is 0 Å². The van der Waals surface area contributed by atoms with Crippen LogP contribution >= 0.6 is 12.2 Å². The Morgan fingerprint density at radius 1 is 1.17 bits per heavy atom. The molecular formula is C17H20F3N5O3S2. The number of piperazine rings is 1. The van der Waals surface area contributed by atoms with Crippen LogP contribution in [0.15, 0.2) is 48.1 Å². The number of allylic oxidation sites excluding steroid dienone is 1. The van der Waals surface area contributed by atoms with Crippen molar-refractivity contribution >= 4 is 22.2 Å². The molecule has 0 spiro atoms. The number of hydrogen-bond donors (Lipinski definition) is 0. The van der Waals surface area contributed by atoms with E-state index in [1.165, 1.54) is 4.31 Å². The van der Waals surface area contributed by atoms with Crippen LogP contribution in [-0.2, 0) is 23.2 Å². The van der Waals surface area contributed by atoms with Gasteiger partial charge < -0.3 is 9.30 Å². The van der Waals surface area contributed by atoms with Gasteiger partial charge in [-0.25, -0.2) is 13.1 Å². The highest BCUT2D eigenvalue weighted by atomic mass is 32.2. The van der Waals surface area contributed by atoms with E-state index in [1.807, 2.05) is 4.90 Å². The maximum atomic E-state index is 12.8. The highest BCUT2D eigenvalue weighted by Gasteiger charge is 2.32. The van der Waals surface area contributed by atoms with Crippen LogP contribution in [0.3, 0.4) is 0 Å². The summed E-state index contributed by atoms with van der Waals surface area (Å²) in [4.78, 5) is 1.93. The Hall–Kier alpha value is -2.22. The number of hydrogen-bond acceptors (Lipinski definition) is 6. The predicted molar refractivity (Wildman–Crippen MR) is 105 cm³/mol. The highest BCUT2D eigenvalue weighted by Crippen LogP contribution is 2.25. The van der Waals surface area contributed by atoms with Crippen molar-refractivity contribution in [3.63, 3.8) is 0 Å². The summed E-state index contributed by atoms with van der Waals surface area (Å²) >= 11 is 5.35. The zero-order chi connectivity index (χ0) is 21.9. The van der Waals surface area contributed by atoms with E-state index in [0.29, 0.717) is 31.1 Å². The number of sulfonamides is 1. The third-order valence-corrected chi connectivity index (χ3v) is 6.84. The van der Waals surface area contributed by atoms with Crippen molar-refractivity contribution < 1.29 is 26.3 Å². The average molecular weight is 464 g/mol. The van der Waals surface area contributed by atoms with Crippen LogP contribution in [-0.4, -0.2) is 64.5 Å². The Morgan fingerprint density at radius 2 is 1.80 bits per heavy atom. The summed E-state index contributed by atoms with van der Waals surface area (Å²) in [5.41, 5.74) is 0. The first-order chi connectivity index (χ1) is 14.1. The minimum absolute atomic E-state index is 0.0872. The van der Waals surface area contributed by atoms with Crippen LogP contribution in [0.2, 0.25) is 0 Å². The first-order valence-electron chi connectivity index (χ1n) is 8.91. The van der Waals surface area contributed by atoms with Crippen LogP contribution in [0.1, 0.15) is 0 Å². The van der Waals surface area contributed by atoms with Gasteiger partial charge in [-0.1, -0.05) is 6.08 Å². The summed E-state index contributed by atoms with van der Waals surface area (Å²) in [6.07, 6.45) is -1.49. The van der Waals surface area contributed by atoms with E-state index in [-0.39, 0.29) is 18.0 Å². The lowest BCUT2D eigenvalue weighted by molar-refractivity contribution is -0.274. The number of ether oxygens (including phenoxy) is 1. The van der Waals surface area contributed by atoms with Crippen LogP contribution in [0.5, 0.6) is 5.75 Å². The van der Waals surface area contributed by atoms with Gasteiger partial charge in [0.2, 0.25) is 10.0 Å². The molecule has 0 radical (unpaired) electrons. The predicted octanol–water partition coefficient (Wildman–Crippen LogP) is 2.46. The topological polar surface area (TPSA) is 72.6 Å². The minimum Gasteiger partial charge on any atom is -0.406 e. The Kier molecular flexibility index (Phi) is 6.65. The molecule has 1 aromatic heterocycles. The molecule has 1 saturated heterocycles. The van der Waals surface area contributed by atoms with Gasteiger partial charge in [-0.2, -0.15) is 9.40 Å². The van der Waals surface area contributed by atoms with Crippen molar-refractivity contribution in [3.05, 3.63) is 48.0 Å². The number of halogens is 3. The van der Waals surface area contributed by atoms with Crippen LogP contribution in [0.4, 0.5) is 13.2 Å². The van der Waals surface area contributed by atoms with Crippen molar-refractivity contribution in [2.45, 2.75) is 24.5 Å². The van der Waals surface area contributed by atoms with Gasteiger partial charge in [-0.05, 0) is 36.5 Å². The molecule has 0 bridgehead atoms. The first kappa shape index (κ1) is 22.5. The Bertz CT molecular complexity index is 1040. The zero-order valence-electron chi connectivity index (χ0n) is 15.8. The van der Waals surface area contributed by atoms with Gasteiger partial charge in [0, 0.05) is 32.7 Å². The first-order valence-corrected chi connectivity index (χ1v) is 10.8. The maximum Gasteiger partial charge on any atom is 0.573 e. The molecule has 164 valence electrons. The van der Waals surface area contributed by atoms with E-state index in [1.54, 1.807) is 21.7 Å². The second-order valence-corrected chi connectivity index (χ2v) is 8.84. The van der Waals surface area contributed by atoms with Crippen LogP contribution in [0, 0.1) is 4.77 Å². The molecule has 2 aromatic rings. The van der Waals surface area contributed by atoms with Gasteiger partial charge in [-0.3, -0.25) is 4.90 Å². The molecule has 1 fully saturated rings. The fourth-order valence-corrected chi connectivity index (χ4v) is 4.64. The normalized spacial score (nSPS) is 16.5. The SMILES string of the molecule is C=CCn1cnn(CN2CCN(S(=O)(=O)c3ccc(OC(F)(F)F)cc3)CC2)c1=S. The Balaban J connectivity index is 1.61. The second kappa shape index (κ2) is 8.88. The van der Waals surface area contributed by atoms with E-state index < -0.39 is 22.1 Å². The molecule has 1 aliphatic rings. The maximum absolute atomic E-state index is 12.8. The minimum atomic E-state index is -4.83. The molecule has 30 heavy (non-hydrogen) atoms. The molecule has 0 amide bonds. The van der Waals surface area contributed by atoms with Gasteiger partial charge in [0.1, 0.15) is 12.1 Å². The molecule has 0 aliphatic carbocycles. The van der Waals surface area contributed by atoms with Crippen molar-refractivity contribution in [1.29, 1.82) is 0 Å². The third kappa shape index (κ3) is 5.28. The second-order valence-electron chi connectivity index (χ2n) is 6.54. The van der Waals surface area contributed by atoms with E-state index in [4.69, 9.17) is 12.2 Å². The third-order valence-electron chi connectivity index (χ3n) is 4.48. The Labute approximate surface area is 176 Å². The van der Waals surface area contributed by atoms with Gasteiger partial charge >= 0.3 is 6.36 Å². The quantitative estimate of drug-likeness (QED) is 0.464. The summed E-state index contributed by atoms with van der Waals surface area (Å²) in [5, 5.41) is 4.24. The molecule has 13 heteroatoms. The monoisotopic (exact) mass is 463 g/mol. The number of aromatic nitrogens is 3. The fourth-order valence-electron chi connectivity index (χ4n) is 3.00. The van der Waals surface area contributed by atoms with Crippen molar-refractivity contribution in [1.82, 2.24) is 23.6 Å². The van der Waals surface area contributed by atoms with Crippen molar-refractivity contribution in [2.75, 3.05) is 26.2 Å². The van der Waals surface area contributed by atoms with Crippen molar-refractivity contribution in [2.24, 2.45) is 0 Å². The summed E-state index contributed by atoms with van der Waals surface area (Å²) in [7, 11) is -3.82. The lowest BCUT2D eigenvalue weighted by Crippen LogP contribution is -2.48.